The number of anilines is 1. The van der Waals surface area contributed by atoms with Gasteiger partial charge in [0.2, 0.25) is 0 Å². The molecule has 0 amide bonds. The zero-order chi connectivity index (χ0) is 33.2. The molecule has 4 aromatic rings. The molecule has 0 bridgehead atoms. The van der Waals surface area contributed by atoms with Gasteiger partial charge in [-0.25, -0.2) is 8.78 Å². The number of aryl methyl sites for hydroxylation is 1. The van der Waals surface area contributed by atoms with Gasteiger partial charge in [0.05, 0.1) is 29.7 Å². The van der Waals surface area contributed by atoms with Gasteiger partial charge in [-0.2, -0.15) is 9.97 Å². The van der Waals surface area contributed by atoms with Crippen molar-refractivity contribution >= 4 is 27.5 Å². The molecular weight excluding hydrogens is 612 g/mol. The van der Waals surface area contributed by atoms with Gasteiger partial charge >= 0.3 is 6.01 Å². The molecule has 0 aliphatic carbocycles. The lowest BCUT2D eigenvalue weighted by atomic mass is 9.92. The number of halogens is 2. The molecule has 0 radical (unpaired) electrons. The molecule has 7 rings (SSSR count). The molecule has 47 heavy (non-hydrogen) atoms. The number of ether oxygens (including phenoxy) is 1. The molecule has 0 unspecified atom stereocenters. The molecule has 11 nitrogen and oxygen atoms in total. The summed E-state index contributed by atoms with van der Waals surface area (Å²) in [6.07, 6.45) is 0.104. The van der Waals surface area contributed by atoms with Crippen LogP contribution < -0.4 is 9.64 Å². The summed E-state index contributed by atoms with van der Waals surface area (Å²) in [5.74, 6) is -0.950. The first-order chi connectivity index (χ1) is 22.5. The number of β-amino-alcohol motifs (C(OH)–C–C–N with tert-alkyl or cyclic N) is 1. The molecule has 3 fully saturated rings. The van der Waals surface area contributed by atoms with Crippen molar-refractivity contribution in [3.63, 3.8) is 0 Å². The molecule has 3 saturated heterocycles. The summed E-state index contributed by atoms with van der Waals surface area (Å²) in [5.41, 5.74) is -0.0338. The minimum atomic E-state index is -1.54. The average Bonchev–Trinajstić information content (AvgIpc) is 3.58. The van der Waals surface area contributed by atoms with Gasteiger partial charge in [0.25, 0.3) is 0 Å². The number of aliphatic hydroxyl groups excluding tert-OH is 4. The van der Waals surface area contributed by atoms with Gasteiger partial charge in [0.15, 0.2) is 5.82 Å². The van der Waals surface area contributed by atoms with Crippen LogP contribution in [0, 0.1) is 17.6 Å². The maximum absolute atomic E-state index is 16.9. The highest BCUT2D eigenvalue weighted by molar-refractivity contribution is 6.01. The second-order valence-corrected chi connectivity index (χ2v) is 13.3. The minimum absolute atomic E-state index is 0.0497. The van der Waals surface area contributed by atoms with Crippen molar-refractivity contribution in [2.45, 2.75) is 69.4 Å². The number of hydrogen-bond acceptors (Lipinski definition) is 11. The Bertz CT molecular complexity index is 1850. The van der Waals surface area contributed by atoms with E-state index in [0.717, 1.165) is 32.4 Å². The predicted octanol–water partition coefficient (Wildman–Crippen LogP) is 2.91. The smallest absolute Gasteiger partial charge is 0.319 e. The molecule has 0 saturated carbocycles. The predicted molar refractivity (Wildman–Crippen MR) is 170 cm³/mol. The highest BCUT2D eigenvalue weighted by Gasteiger charge is 2.48. The fourth-order valence-electron chi connectivity index (χ4n) is 8.08. The van der Waals surface area contributed by atoms with E-state index in [4.69, 9.17) is 4.74 Å². The third-order valence-corrected chi connectivity index (χ3v) is 10.3. The van der Waals surface area contributed by atoms with Gasteiger partial charge in [-0.05, 0) is 72.7 Å². The first-order valence-electron chi connectivity index (χ1n) is 16.2. The third kappa shape index (κ3) is 5.24. The first-order valence-corrected chi connectivity index (χ1v) is 16.2. The average molecular weight is 652 g/mol. The van der Waals surface area contributed by atoms with Crippen molar-refractivity contribution in [1.29, 1.82) is 0 Å². The number of rotatable bonds is 7. The highest BCUT2D eigenvalue weighted by Crippen LogP contribution is 2.43. The van der Waals surface area contributed by atoms with Crippen LogP contribution in [0.15, 0.2) is 30.5 Å². The second kappa shape index (κ2) is 12.0. The van der Waals surface area contributed by atoms with Crippen molar-refractivity contribution in [2.24, 2.45) is 5.92 Å². The van der Waals surface area contributed by atoms with Gasteiger partial charge in [-0.3, -0.25) is 9.88 Å². The van der Waals surface area contributed by atoms with E-state index in [1.165, 1.54) is 35.4 Å². The van der Waals surface area contributed by atoms with Crippen molar-refractivity contribution in [1.82, 2.24) is 19.9 Å². The minimum Gasteiger partial charge on any atom is -0.508 e. The molecule has 5 heterocycles. The topological polar surface area (TPSA) is 156 Å². The molecule has 3 aliphatic rings. The summed E-state index contributed by atoms with van der Waals surface area (Å²) < 4.78 is 38.1. The van der Waals surface area contributed by atoms with Crippen molar-refractivity contribution < 1.29 is 39.1 Å². The molecule has 13 heteroatoms. The number of phenolic OH excluding ortho intramolecular Hbond substituents is 1. The number of piperidine rings is 1. The quantitative estimate of drug-likeness (QED) is 0.200. The van der Waals surface area contributed by atoms with E-state index >= 15 is 4.39 Å². The van der Waals surface area contributed by atoms with E-state index in [-0.39, 0.29) is 58.4 Å². The lowest BCUT2D eigenvalue weighted by Gasteiger charge is -2.44. The Balaban J connectivity index is 1.41. The number of aromatic hydroxyl groups is 1. The van der Waals surface area contributed by atoms with Gasteiger partial charge in [-0.15, -0.1) is 0 Å². The van der Waals surface area contributed by atoms with Crippen LogP contribution in [0.25, 0.3) is 32.9 Å². The Hall–Kier alpha value is -3.75. The summed E-state index contributed by atoms with van der Waals surface area (Å²) in [4.78, 5) is 17.4. The lowest BCUT2D eigenvalue weighted by Crippen LogP contribution is -2.63. The Labute approximate surface area is 270 Å². The number of pyridine rings is 1. The molecule has 5 N–H and O–H groups in total. The molecule has 6 atom stereocenters. The SMILES string of the molecule is CCc1c(F)ccc2cc(O)cc(-c3ncc4c(N5C[C@H](O)[C@@H](O)[C@H](O)[C@H]5CO)nc(OC[C@@]56CCCN5C[C@H](C)C6)nc4c3F)c12. The normalized spacial score (nSPS) is 28.0. The summed E-state index contributed by atoms with van der Waals surface area (Å²) >= 11 is 0. The van der Waals surface area contributed by atoms with Gasteiger partial charge in [-0.1, -0.05) is 19.9 Å². The number of aromatic nitrogens is 3. The number of hydrogen-bond donors (Lipinski definition) is 5. The zero-order valence-corrected chi connectivity index (χ0v) is 26.3. The molecule has 250 valence electrons. The Kier molecular flexibility index (Phi) is 8.16. The van der Waals surface area contributed by atoms with E-state index < -0.39 is 42.6 Å². The fraction of sp³-hybridized carbons (Fsp3) is 0.500. The molecule has 2 aromatic heterocycles. The number of phenols is 1. The van der Waals surface area contributed by atoms with Gasteiger partial charge in [0, 0.05) is 24.8 Å². The number of nitrogens with zero attached hydrogens (tertiary/aromatic N) is 5. The third-order valence-electron chi connectivity index (χ3n) is 10.3. The van der Waals surface area contributed by atoms with Crippen LogP contribution >= 0.6 is 0 Å². The monoisotopic (exact) mass is 651 g/mol. The summed E-state index contributed by atoms with van der Waals surface area (Å²) in [7, 11) is 0. The van der Waals surface area contributed by atoms with Gasteiger partial charge < -0.3 is 35.2 Å². The summed E-state index contributed by atoms with van der Waals surface area (Å²) in [6, 6.07) is 4.42. The molecule has 3 aliphatic heterocycles. The number of aliphatic hydroxyl groups is 4. The van der Waals surface area contributed by atoms with Crippen LogP contribution in [-0.4, -0.2) is 108 Å². The largest absolute Gasteiger partial charge is 0.508 e. The van der Waals surface area contributed by atoms with E-state index in [2.05, 4.69) is 26.8 Å². The summed E-state index contributed by atoms with van der Waals surface area (Å²) in [5, 5.41) is 53.6. The number of fused-ring (bicyclic) bond motifs is 3. The van der Waals surface area contributed by atoms with Crippen molar-refractivity contribution in [3.8, 4) is 23.0 Å². The molecular formula is C34H39F2N5O6. The van der Waals surface area contributed by atoms with E-state index in [1.54, 1.807) is 6.92 Å². The lowest BCUT2D eigenvalue weighted by molar-refractivity contribution is -0.0903. The van der Waals surface area contributed by atoms with Crippen LogP contribution in [0.2, 0.25) is 0 Å². The van der Waals surface area contributed by atoms with Crippen LogP contribution in [-0.2, 0) is 6.42 Å². The maximum Gasteiger partial charge on any atom is 0.319 e. The number of benzene rings is 2. The van der Waals surface area contributed by atoms with Gasteiger partial charge in [0.1, 0.15) is 47.4 Å². The van der Waals surface area contributed by atoms with E-state index in [0.29, 0.717) is 28.7 Å². The van der Waals surface area contributed by atoms with Crippen LogP contribution in [0.1, 0.15) is 38.7 Å². The fourth-order valence-corrected chi connectivity index (χ4v) is 8.08. The standard InChI is InChI=1S/C34H39F2N5O6/c1-3-20-23(35)6-5-18-9-19(43)10-21(26(18)20)28-27(36)29-22(12-37-28)32(41-14-25(44)31(46)30(45)24(41)15-42)39-33(38-29)47-16-34-7-4-8-40(34)13-17(2)11-34/h5-6,9-10,12,17,24-25,30-31,42-46H,3-4,7-8,11,13-16H2,1-2H3/t17-,24-,25+,30-,31-,34+/m1/s1. The molecule has 0 spiro atoms. The van der Waals surface area contributed by atoms with Crippen molar-refractivity contribution in [3.05, 3.63) is 47.7 Å². The zero-order valence-electron chi connectivity index (χ0n) is 26.3. The second-order valence-electron chi connectivity index (χ2n) is 13.3. The van der Waals surface area contributed by atoms with E-state index in [1.807, 2.05) is 0 Å². The van der Waals surface area contributed by atoms with Crippen LogP contribution in [0.5, 0.6) is 11.8 Å². The summed E-state index contributed by atoms with van der Waals surface area (Å²) in [6.45, 7) is 5.34. The first kappa shape index (κ1) is 31.8. The van der Waals surface area contributed by atoms with E-state index in [9.17, 15) is 29.9 Å². The Morgan fingerprint density at radius 1 is 1.09 bits per heavy atom. The van der Waals surface area contributed by atoms with Crippen LogP contribution in [0.4, 0.5) is 14.6 Å². The molecule has 2 aromatic carbocycles. The highest BCUT2D eigenvalue weighted by atomic mass is 19.1. The van der Waals surface area contributed by atoms with Crippen molar-refractivity contribution in [2.75, 3.05) is 37.7 Å². The Morgan fingerprint density at radius 2 is 1.89 bits per heavy atom. The maximum atomic E-state index is 16.9. The van der Waals surface area contributed by atoms with Crippen LogP contribution in [0.3, 0.4) is 0 Å². The Morgan fingerprint density at radius 3 is 2.66 bits per heavy atom.